The summed E-state index contributed by atoms with van der Waals surface area (Å²) < 4.78 is 5.68. The van der Waals surface area contributed by atoms with Gasteiger partial charge in [-0.05, 0) is 38.2 Å². The third-order valence-corrected chi connectivity index (χ3v) is 4.58. The summed E-state index contributed by atoms with van der Waals surface area (Å²) in [5.74, 6) is 0.0970. The van der Waals surface area contributed by atoms with Crippen LogP contribution in [0.5, 0.6) is 0 Å². The fourth-order valence-corrected chi connectivity index (χ4v) is 3.29. The monoisotopic (exact) mass is 334 g/mol. The summed E-state index contributed by atoms with van der Waals surface area (Å²) in [6.07, 6.45) is 3.27. The van der Waals surface area contributed by atoms with Gasteiger partial charge in [0.25, 0.3) is 0 Å². The predicted octanol–water partition coefficient (Wildman–Crippen LogP) is 2.80. The maximum absolute atomic E-state index is 12.3. The van der Waals surface area contributed by atoms with Gasteiger partial charge in [-0.3, -0.25) is 0 Å². The largest absolute Gasteiger partial charge is 0.393 e. The van der Waals surface area contributed by atoms with Crippen molar-refractivity contribution in [3.8, 4) is 0 Å². The lowest BCUT2D eigenvalue weighted by Crippen LogP contribution is -2.48. The molecule has 1 saturated heterocycles. The highest BCUT2D eigenvalue weighted by Crippen LogP contribution is 2.21. The first-order chi connectivity index (χ1) is 11.6. The van der Waals surface area contributed by atoms with E-state index in [1.165, 1.54) is 0 Å². The summed E-state index contributed by atoms with van der Waals surface area (Å²) in [5, 5.41) is 15.7. The summed E-state index contributed by atoms with van der Waals surface area (Å²) in [5.41, 5.74) is 1.13. The van der Waals surface area contributed by atoms with Crippen LogP contribution in [0.15, 0.2) is 30.3 Å². The molecule has 0 saturated carbocycles. The SMILES string of the molecule is CCC(NC(=O)NCC(CC(C)O)c1ccccc1)C1CCCO1. The van der Waals surface area contributed by atoms with Gasteiger partial charge in [0.1, 0.15) is 0 Å². The lowest BCUT2D eigenvalue weighted by atomic mass is 9.93. The van der Waals surface area contributed by atoms with Crippen molar-refractivity contribution in [2.75, 3.05) is 13.2 Å². The van der Waals surface area contributed by atoms with Crippen molar-refractivity contribution in [2.24, 2.45) is 0 Å². The second-order valence-corrected chi connectivity index (χ2v) is 6.61. The standard InChI is InChI=1S/C19H30N2O3/c1-3-17(18-10-7-11-24-18)21-19(23)20-13-16(12-14(2)22)15-8-5-4-6-9-15/h4-6,8-9,14,16-18,22H,3,7,10-13H2,1-2H3,(H2,20,21,23). The minimum atomic E-state index is -0.407. The molecule has 1 heterocycles. The number of hydrogen-bond acceptors (Lipinski definition) is 3. The van der Waals surface area contributed by atoms with Gasteiger partial charge >= 0.3 is 6.03 Å². The highest BCUT2D eigenvalue weighted by molar-refractivity contribution is 5.74. The van der Waals surface area contributed by atoms with Crippen molar-refractivity contribution in [3.05, 3.63) is 35.9 Å². The van der Waals surface area contributed by atoms with E-state index in [1.54, 1.807) is 6.92 Å². The lowest BCUT2D eigenvalue weighted by molar-refractivity contribution is 0.0796. The van der Waals surface area contributed by atoms with Crippen LogP contribution in [0.25, 0.3) is 0 Å². The molecule has 5 nitrogen and oxygen atoms in total. The van der Waals surface area contributed by atoms with E-state index < -0.39 is 6.10 Å². The number of nitrogens with one attached hydrogen (secondary N) is 2. The number of carbonyl (C=O) groups excluding carboxylic acids is 1. The third kappa shape index (κ3) is 5.80. The van der Waals surface area contributed by atoms with E-state index >= 15 is 0 Å². The average molecular weight is 334 g/mol. The van der Waals surface area contributed by atoms with Gasteiger partial charge in [-0.15, -0.1) is 0 Å². The Bertz CT molecular complexity index is 487. The van der Waals surface area contributed by atoms with Gasteiger partial charge in [0, 0.05) is 19.1 Å². The van der Waals surface area contributed by atoms with Crippen LogP contribution in [-0.2, 0) is 4.74 Å². The van der Waals surface area contributed by atoms with E-state index in [9.17, 15) is 9.90 Å². The number of aliphatic hydroxyl groups is 1. The summed E-state index contributed by atoms with van der Waals surface area (Å²) >= 11 is 0. The Labute approximate surface area is 144 Å². The Balaban J connectivity index is 1.87. The van der Waals surface area contributed by atoms with Gasteiger partial charge in [-0.1, -0.05) is 37.3 Å². The van der Waals surface area contributed by atoms with Crippen LogP contribution in [-0.4, -0.2) is 42.5 Å². The molecule has 0 spiro atoms. The molecule has 0 aromatic heterocycles. The maximum atomic E-state index is 12.3. The van der Waals surface area contributed by atoms with Crippen molar-refractivity contribution < 1.29 is 14.6 Å². The summed E-state index contributed by atoms with van der Waals surface area (Å²) in [4.78, 5) is 12.3. The first-order valence-electron chi connectivity index (χ1n) is 8.99. The van der Waals surface area contributed by atoms with Crippen molar-refractivity contribution in [3.63, 3.8) is 0 Å². The van der Waals surface area contributed by atoms with Crippen LogP contribution < -0.4 is 10.6 Å². The van der Waals surface area contributed by atoms with Crippen LogP contribution in [0.4, 0.5) is 4.79 Å². The Hall–Kier alpha value is -1.59. The molecule has 3 N–H and O–H groups in total. The number of urea groups is 1. The smallest absolute Gasteiger partial charge is 0.315 e. The van der Waals surface area contributed by atoms with E-state index in [4.69, 9.17) is 4.74 Å². The van der Waals surface area contributed by atoms with E-state index in [0.717, 1.165) is 31.4 Å². The molecule has 1 aliphatic heterocycles. The number of rotatable bonds is 8. The van der Waals surface area contributed by atoms with E-state index in [2.05, 4.69) is 17.6 Å². The summed E-state index contributed by atoms with van der Waals surface area (Å²) in [6, 6.07) is 9.89. The maximum Gasteiger partial charge on any atom is 0.315 e. The molecule has 1 fully saturated rings. The molecule has 2 rings (SSSR count). The van der Waals surface area contributed by atoms with Crippen molar-refractivity contribution in [1.82, 2.24) is 10.6 Å². The normalized spacial score (nSPS) is 21.0. The molecule has 24 heavy (non-hydrogen) atoms. The minimum absolute atomic E-state index is 0.0550. The molecule has 2 amide bonds. The molecule has 4 atom stereocenters. The molecule has 5 heteroatoms. The van der Waals surface area contributed by atoms with Crippen molar-refractivity contribution in [1.29, 1.82) is 0 Å². The zero-order chi connectivity index (χ0) is 17.4. The average Bonchev–Trinajstić information content (AvgIpc) is 3.11. The molecule has 0 radical (unpaired) electrons. The number of benzene rings is 1. The third-order valence-electron chi connectivity index (χ3n) is 4.58. The van der Waals surface area contributed by atoms with E-state index in [1.807, 2.05) is 30.3 Å². The molecule has 1 aromatic rings. The minimum Gasteiger partial charge on any atom is -0.393 e. The molecule has 0 aliphatic carbocycles. The highest BCUT2D eigenvalue weighted by Gasteiger charge is 2.26. The van der Waals surface area contributed by atoms with Crippen molar-refractivity contribution >= 4 is 6.03 Å². The zero-order valence-corrected chi connectivity index (χ0v) is 14.7. The van der Waals surface area contributed by atoms with Crippen LogP contribution in [0, 0.1) is 0 Å². The Morgan fingerprint density at radius 1 is 1.38 bits per heavy atom. The quantitative estimate of drug-likeness (QED) is 0.684. The molecule has 1 aliphatic rings. The molecule has 0 bridgehead atoms. The van der Waals surface area contributed by atoms with Gasteiger partial charge in [-0.2, -0.15) is 0 Å². The van der Waals surface area contributed by atoms with Gasteiger partial charge in [0.2, 0.25) is 0 Å². The van der Waals surface area contributed by atoms with Crippen LogP contribution in [0.3, 0.4) is 0 Å². The number of hydrogen-bond donors (Lipinski definition) is 3. The lowest BCUT2D eigenvalue weighted by Gasteiger charge is -2.24. The Morgan fingerprint density at radius 2 is 2.12 bits per heavy atom. The van der Waals surface area contributed by atoms with Crippen LogP contribution >= 0.6 is 0 Å². The van der Waals surface area contributed by atoms with E-state index in [-0.39, 0.29) is 24.1 Å². The Kier molecular flexibility index (Phi) is 7.53. The second kappa shape index (κ2) is 9.64. The first kappa shape index (κ1) is 18.7. The fraction of sp³-hybridized carbons (Fsp3) is 0.632. The van der Waals surface area contributed by atoms with Gasteiger partial charge < -0.3 is 20.5 Å². The summed E-state index contributed by atoms with van der Waals surface area (Å²) in [6.45, 7) is 5.13. The molecule has 134 valence electrons. The van der Waals surface area contributed by atoms with Gasteiger partial charge in [0.05, 0.1) is 18.2 Å². The fourth-order valence-electron chi connectivity index (χ4n) is 3.29. The summed E-state index contributed by atoms with van der Waals surface area (Å²) in [7, 11) is 0. The predicted molar refractivity (Wildman–Crippen MR) is 95.1 cm³/mol. The Morgan fingerprint density at radius 3 is 2.71 bits per heavy atom. The van der Waals surface area contributed by atoms with E-state index in [0.29, 0.717) is 13.0 Å². The van der Waals surface area contributed by atoms with Crippen LogP contribution in [0.2, 0.25) is 0 Å². The van der Waals surface area contributed by atoms with Gasteiger partial charge in [0.15, 0.2) is 0 Å². The second-order valence-electron chi connectivity index (χ2n) is 6.61. The molecule has 1 aromatic carbocycles. The molecule has 4 unspecified atom stereocenters. The first-order valence-corrected chi connectivity index (χ1v) is 8.99. The zero-order valence-electron chi connectivity index (χ0n) is 14.7. The highest BCUT2D eigenvalue weighted by atomic mass is 16.5. The number of ether oxygens (including phenoxy) is 1. The number of aliphatic hydroxyl groups excluding tert-OH is 1. The van der Waals surface area contributed by atoms with Crippen LogP contribution in [0.1, 0.15) is 51.0 Å². The molecular formula is C19H30N2O3. The van der Waals surface area contributed by atoms with Gasteiger partial charge in [-0.25, -0.2) is 4.79 Å². The molecular weight excluding hydrogens is 304 g/mol. The number of amides is 2. The van der Waals surface area contributed by atoms with Crippen molar-refractivity contribution in [2.45, 2.75) is 63.7 Å². The topological polar surface area (TPSA) is 70.6 Å². The number of carbonyl (C=O) groups is 1.